The molecule has 0 bridgehead atoms. The summed E-state index contributed by atoms with van der Waals surface area (Å²) in [6.07, 6.45) is 13.7. The van der Waals surface area contributed by atoms with Crippen LogP contribution in [0.4, 0.5) is 5.69 Å². The standard InChI is InChI=1S/C29H39NO3/c1-28-15-8-7-9-19(28)12-13-21-22(28)14-16-29(2)23(21)17-25-24(29)18-26(27(31)32-3)33-30(25)20-10-5-4-6-11-20/h4-6,10-11,18-19,21-23,25-26H,7-9,12-17H2,1-3H3/t19-,21-,22+,23+,25-,26-,28+,29+/m1/s1. The summed E-state index contributed by atoms with van der Waals surface area (Å²) in [6.45, 7) is 5.14. The zero-order chi connectivity index (χ0) is 22.8. The maximum Gasteiger partial charge on any atom is 0.341 e. The molecule has 178 valence electrons. The first-order chi connectivity index (χ1) is 16.0. The second kappa shape index (κ2) is 7.86. The van der Waals surface area contributed by atoms with Crippen molar-refractivity contribution in [2.24, 2.45) is 34.5 Å². The van der Waals surface area contributed by atoms with Gasteiger partial charge in [0.1, 0.15) is 0 Å². The minimum atomic E-state index is -0.665. The molecular weight excluding hydrogens is 410 g/mol. The van der Waals surface area contributed by atoms with Crippen LogP contribution in [-0.2, 0) is 14.4 Å². The summed E-state index contributed by atoms with van der Waals surface area (Å²) >= 11 is 0. The molecule has 4 heteroatoms. The van der Waals surface area contributed by atoms with Gasteiger partial charge in [-0.25, -0.2) is 9.86 Å². The quantitative estimate of drug-likeness (QED) is 0.391. The molecule has 0 N–H and O–H groups in total. The molecule has 1 aromatic carbocycles. The Kier molecular flexibility index (Phi) is 5.17. The van der Waals surface area contributed by atoms with E-state index in [1.165, 1.54) is 64.0 Å². The number of hydroxylamine groups is 1. The van der Waals surface area contributed by atoms with E-state index in [4.69, 9.17) is 9.57 Å². The number of carbonyl (C=O) groups is 1. The minimum absolute atomic E-state index is 0.146. The van der Waals surface area contributed by atoms with E-state index in [1.54, 1.807) is 0 Å². The van der Waals surface area contributed by atoms with E-state index in [-0.39, 0.29) is 17.4 Å². The molecular formula is C29H39NO3. The molecule has 0 radical (unpaired) electrons. The van der Waals surface area contributed by atoms with Crippen molar-refractivity contribution in [3.05, 3.63) is 42.0 Å². The van der Waals surface area contributed by atoms with Crippen LogP contribution in [0.15, 0.2) is 42.0 Å². The average molecular weight is 450 g/mol. The average Bonchev–Trinajstić information content (AvgIpc) is 3.15. The lowest BCUT2D eigenvalue weighted by Gasteiger charge is -2.60. The van der Waals surface area contributed by atoms with Gasteiger partial charge in [-0.3, -0.25) is 4.84 Å². The van der Waals surface area contributed by atoms with Crippen LogP contribution in [0.2, 0.25) is 0 Å². The molecule has 6 rings (SSSR count). The maximum atomic E-state index is 12.6. The third-order valence-corrected chi connectivity index (χ3v) is 10.8. The number of methoxy groups -OCH3 is 1. The smallest absolute Gasteiger partial charge is 0.341 e. The zero-order valence-corrected chi connectivity index (χ0v) is 20.5. The van der Waals surface area contributed by atoms with Gasteiger partial charge in [0.2, 0.25) is 6.10 Å². The lowest BCUT2D eigenvalue weighted by molar-refractivity contribution is -0.152. The molecule has 8 atom stereocenters. The summed E-state index contributed by atoms with van der Waals surface area (Å²) in [4.78, 5) is 18.9. The SMILES string of the molecule is COC(=O)[C@H]1C=C2[C@@H](C[C@H]3[C@@H]4CC[C@H]5CCCC[C@]5(C)[C@H]4CC[C@]23C)N(c2ccccc2)O1. The van der Waals surface area contributed by atoms with Gasteiger partial charge in [-0.15, -0.1) is 0 Å². The van der Waals surface area contributed by atoms with E-state index in [9.17, 15) is 4.79 Å². The molecule has 0 aromatic heterocycles. The van der Waals surface area contributed by atoms with Gasteiger partial charge >= 0.3 is 5.97 Å². The fourth-order valence-corrected chi connectivity index (χ4v) is 9.11. The number of para-hydroxylation sites is 1. The monoisotopic (exact) mass is 449 g/mol. The van der Waals surface area contributed by atoms with Crippen LogP contribution in [0.5, 0.6) is 0 Å². The molecule has 0 amide bonds. The van der Waals surface area contributed by atoms with E-state index < -0.39 is 6.10 Å². The molecule has 33 heavy (non-hydrogen) atoms. The molecule has 5 aliphatic rings. The van der Waals surface area contributed by atoms with Gasteiger partial charge in [0, 0.05) is 0 Å². The van der Waals surface area contributed by atoms with Crippen LogP contribution >= 0.6 is 0 Å². The van der Waals surface area contributed by atoms with Crippen molar-refractivity contribution >= 4 is 11.7 Å². The van der Waals surface area contributed by atoms with Crippen molar-refractivity contribution < 1.29 is 14.4 Å². The summed E-state index contributed by atoms with van der Waals surface area (Å²) in [5, 5.41) is 2.05. The fourth-order valence-electron chi connectivity index (χ4n) is 9.11. The first-order valence-electron chi connectivity index (χ1n) is 13.3. The van der Waals surface area contributed by atoms with Gasteiger partial charge < -0.3 is 4.74 Å². The van der Waals surface area contributed by atoms with E-state index in [0.29, 0.717) is 11.3 Å². The Labute approximate surface area is 198 Å². The summed E-state index contributed by atoms with van der Waals surface area (Å²) < 4.78 is 5.11. The lowest BCUT2D eigenvalue weighted by atomic mass is 9.45. The number of rotatable bonds is 2. The van der Waals surface area contributed by atoms with Crippen molar-refractivity contribution in [3.63, 3.8) is 0 Å². The molecule has 4 nitrogen and oxygen atoms in total. The Bertz CT molecular complexity index is 943. The number of anilines is 1. The van der Waals surface area contributed by atoms with E-state index in [2.05, 4.69) is 44.2 Å². The van der Waals surface area contributed by atoms with Crippen LogP contribution in [0, 0.1) is 34.5 Å². The highest BCUT2D eigenvalue weighted by Gasteiger charge is 2.62. The number of fused-ring (bicyclic) bond motifs is 7. The third-order valence-electron chi connectivity index (χ3n) is 10.8. The number of ether oxygens (including phenoxy) is 1. The molecule has 1 aromatic rings. The normalized spacial score (nSPS) is 44.1. The number of hydrogen-bond donors (Lipinski definition) is 0. The van der Waals surface area contributed by atoms with Gasteiger partial charge in [-0.1, -0.05) is 44.9 Å². The van der Waals surface area contributed by atoms with Crippen molar-refractivity contribution in [3.8, 4) is 0 Å². The zero-order valence-electron chi connectivity index (χ0n) is 20.5. The Balaban J connectivity index is 1.38. The highest BCUT2D eigenvalue weighted by Crippen LogP contribution is 2.68. The topological polar surface area (TPSA) is 38.8 Å². The van der Waals surface area contributed by atoms with Gasteiger partial charge in [0.05, 0.1) is 18.8 Å². The van der Waals surface area contributed by atoms with E-state index >= 15 is 0 Å². The summed E-state index contributed by atoms with van der Waals surface area (Å²) in [7, 11) is 1.46. The molecule has 4 aliphatic carbocycles. The van der Waals surface area contributed by atoms with Gasteiger partial charge in [-0.05, 0) is 103 Å². The molecule has 1 heterocycles. The fraction of sp³-hybridized carbons (Fsp3) is 0.690. The molecule has 0 unspecified atom stereocenters. The van der Waals surface area contributed by atoms with E-state index in [1.807, 2.05) is 11.1 Å². The van der Waals surface area contributed by atoms with E-state index in [0.717, 1.165) is 29.9 Å². The maximum absolute atomic E-state index is 12.6. The summed E-state index contributed by atoms with van der Waals surface area (Å²) in [6, 6.07) is 10.5. The molecule has 4 fully saturated rings. The Morgan fingerprint density at radius 2 is 1.85 bits per heavy atom. The van der Waals surface area contributed by atoms with Crippen molar-refractivity contribution in [1.29, 1.82) is 0 Å². The first-order valence-corrected chi connectivity index (χ1v) is 13.3. The van der Waals surface area contributed by atoms with Crippen molar-refractivity contribution in [1.82, 2.24) is 0 Å². The number of carbonyl (C=O) groups excluding carboxylic acids is 1. The molecule has 1 aliphatic heterocycles. The first kappa shape index (κ1) is 21.7. The summed E-state index contributed by atoms with van der Waals surface area (Å²) in [5.41, 5.74) is 3.14. The number of esters is 1. The second-order valence-corrected chi connectivity index (χ2v) is 11.9. The predicted octanol–water partition coefficient (Wildman–Crippen LogP) is 6.32. The largest absolute Gasteiger partial charge is 0.467 e. The molecule has 4 saturated carbocycles. The number of nitrogens with zero attached hydrogens (tertiary/aromatic N) is 1. The van der Waals surface area contributed by atoms with Crippen molar-refractivity contribution in [2.45, 2.75) is 83.8 Å². The molecule has 0 saturated heterocycles. The lowest BCUT2D eigenvalue weighted by Crippen LogP contribution is -2.52. The van der Waals surface area contributed by atoms with Gasteiger partial charge in [-0.2, -0.15) is 0 Å². The van der Waals surface area contributed by atoms with Crippen molar-refractivity contribution in [2.75, 3.05) is 12.2 Å². The van der Waals surface area contributed by atoms with Crippen LogP contribution in [0.1, 0.15) is 71.6 Å². The highest BCUT2D eigenvalue weighted by molar-refractivity contribution is 5.78. The van der Waals surface area contributed by atoms with Gasteiger partial charge in [0.25, 0.3) is 0 Å². The van der Waals surface area contributed by atoms with Gasteiger partial charge in [0.15, 0.2) is 0 Å². The highest BCUT2D eigenvalue weighted by atomic mass is 16.7. The minimum Gasteiger partial charge on any atom is -0.467 e. The summed E-state index contributed by atoms with van der Waals surface area (Å²) in [5.74, 6) is 2.95. The van der Waals surface area contributed by atoms with Crippen LogP contribution < -0.4 is 5.06 Å². The third kappa shape index (κ3) is 3.16. The number of hydrogen-bond acceptors (Lipinski definition) is 4. The Morgan fingerprint density at radius 1 is 1.03 bits per heavy atom. The van der Waals surface area contributed by atoms with Crippen LogP contribution in [0.25, 0.3) is 0 Å². The van der Waals surface area contributed by atoms with Crippen LogP contribution in [-0.4, -0.2) is 25.2 Å². The second-order valence-electron chi connectivity index (χ2n) is 11.9. The Morgan fingerprint density at radius 3 is 2.64 bits per heavy atom. The predicted molar refractivity (Wildman–Crippen MR) is 129 cm³/mol. The molecule has 0 spiro atoms. The number of benzene rings is 1. The van der Waals surface area contributed by atoms with Crippen LogP contribution in [0.3, 0.4) is 0 Å². The Hall–Kier alpha value is -1.81.